The molecule has 1 fully saturated rings. The first-order valence-corrected chi connectivity index (χ1v) is 11.7. The quantitative estimate of drug-likeness (QED) is 0.412. The molecule has 5 heterocycles. The van der Waals surface area contributed by atoms with E-state index >= 15 is 0 Å². The summed E-state index contributed by atoms with van der Waals surface area (Å²) in [4.78, 5) is 27.7. The molecule has 36 heavy (non-hydrogen) atoms. The van der Waals surface area contributed by atoms with E-state index in [4.69, 9.17) is 15.8 Å². The second kappa shape index (κ2) is 8.56. The fourth-order valence-electron chi connectivity index (χ4n) is 4.50. The predicted molar refractivity (Wildman–Crippen MR) is 134 cm³/mol. The summed E-state index contributed by atoms with van der Waals surface area (Å²) < 4.78 is 16.0. The van der Waals surface area contributed by atoms with Gasteiger partial charge in [0, 0.05) is 24.3 Å². The van der Waals surface area contributed by atoms with Crippen molar-refractivity contribution in [3.63, 3.8) is 0 Å². The lowest BCUT2D eigenvalue weighted by Crippen LogP contribution is -2.37. The number of fused-ring (bicyclic) bond motifs is 1. The number of nitrogens with zero attached hydrogens (tertiary/aromatic N) is 6. The summed E-state index contributed by atoms with van der Waals surface area (Å²) in [6.45, 7) is 3.96. The van der Waals surface area contributed by atoms with Crippen LogP contribution >= 0.6 is 0 Å². The van der Waals surface area contributed by atoms with E-state index in [0.717, 1.165) is 59.6 Å². The maximum atomic E-state index is 13.4. The third-order valence-corrected chi connectivity index (χ3v) is 6.38. The van der Waals surface area contributed by atoms with E-state index in [2.05, 4.69) is 14.9 Å². The van der Waals surface area contributed by atoms with Crippen molar-refractivity contribution in [1.29, 1.82) is 0 Å². The molecule has 0 bridgehead atoms. The van der Waals surface area contributed by atoms with Gasteiger partial charge >= 0.3 is 11.6 Å². The molecule has 1 aliphatic heterocycles. The Kier molecular flexibility index (Phi) is 5.21. The number of nitrogens with two attached hydrogens (primary N) is 1. The van der Waals surface area contributed by atoms with Crippen LogP contribution in [0.1, 0.15) is 17.8 Å². The second-order valence-corrected chi connectivity index (χ2v) is 8.89. The summed E-state index contributed by atoms with van der Waals surface area (Å²) in [6, 6.07) is 16.6. The zero-order valence-corrected chi connectivity index (χ0v) is 19.6. The van der Waals surface area contributed by atoms with E-state index in [0.29, 0.717) is 11.3 Å². The minimum Gasteiger partial charge on any atom is -0.356 e. The lowest BCUT2D eigenvalue weighted by atomic mass is 9.99. The largest absolute Gasteiger partial charge is 0.411 e. The first-order valence-electron chi connectivity index (χ1n) is 11.7. The first-order chi connectivity index (χ1) is 17.5. The van der Waals surface area contributed by atoms with Crippen LogP contribution in [0.2, 0.25) is 0 Å². The van der Waals surface area contributed by atoms with Gasteiger partial charge in [-0.3, -0.25) is 10.7 Å². The number of nitrogens with one attached hydrogen (secondary N) is 1. The van der Waals surface area contributed by atoms with Gasteiger partial charge in [-0.1, -0.05) is 30.3 Å². The lowest BCUT2D eigenvalue weighted by molar-refractivity contribution is -0.351. The van der Waals surface area contributed by atoms with Crippen LogP contribution in [-0.4, -0.2) is 37.2 Å². The van der Waals surface area contributed by atoms with Gasteiger partial charge in [-0.05, 0) is 43.2 Å². The topological polar surface area (TPSA) is 108 Å². The minimum atomic E-state index is -0.444. The number of rotatable bonds is 5. The molecule has 10 heteroatoms. The van der Waals surface area contributed by atoms with E-state index in [1.165, 1.54) is 21.2 Å². The Balaban J connectivity index is 1.61. The Morgan fingerprint density at radius 3 is 2.58 bits per heavy atom. The van der Waals surface area contributed by atoms with E-state index in [1.54, 1.807) is 0 Å². The normalized spacial score (nSPS) is 13.2. The van der Waals surface area contributed by atoms with Crippen LogP contribution in [0.5, 0.6) is 0 Å². The number of hydrogen-bond acceptors (Lipinski definition) is 6. The summed E-state index contributed by atoms with van der Waals surface area (Å²) in [7, 11) is 0. The third-order valence-electron chi connectivity index (χ3n) is 6.38. The van der Waals surface area contributed by atoms with Crippen molar-refractivity contribution >= 4 is 17.4 Å². The number of aryl methyl sites for hydroxylation is 1. The third kappa shape index (κ3) is 3.76. The molecule has 1 saturated heterocycles. The molecular formula is C26H24FN8O+. The molecule has 5 aromatic rings. The molecule has 1 aromatic carbocycles. The molecule has 0 saturated carbocycles. The molecule has 6 rings (SSSR count). The summed E-state index contributed by atoms with van der Waals surface area (Å²) in [5.74, 6) is 0.605. The number of aromatic nitrogens is 6. The molecule has 180 valence electrons. The van der Waals surface area contributed by atoms with Crippen LogP contribution in [-0.2, 0) is 6.54 Å². The smallest absolute Gasteiger partial charge is 0.356 e. The van der Waals surface area contributed by atoms with Crippen molar-refractivity contribution in [2.24, 2.45) is 0 Å². The zero-order valence-electron chi connectivity index (χ0n) is 19.6. The number of pyridine rings is 2. The molecule has 0 atom stereocenters. The number of aromatic amines is 1. The van der Waals surface area contributed by atoms with Crippen molar-refractivity contribution in [3.05, 3.63) is 88.5 Å². The molecule has 3 N–H and O–H groups in total. The summed E-state index contributed by atoms with van der Waals surface area (Å²) in [6.07, 6.45) is 2.26. The molecule has 0 radical (unpaired) electrons. The lowest BCUT2D eigenvalue weighted by Gasteiger charge is -2.32. The van der Waals surface area contributed by atoms with E-state index in [-0.39, 0.29) is 12.5 Å². The van der Waals surface area contributed by atoms with Crippen LogP contribution in [0.15, 0.2) is 65.6 Å². The van der Waals surface area contributed by atoms with Crippen molar-refractivity contribution in [2.45, 2.75) is 19.9 Å². The zero-order chi connectivity index (χ0) is 24.8. The van der Waals surface area contributed by atoms with Crippen molar-refractivity contribution in [1.82, 2.24) is 24.1 Å². The van der Waals surface area contributed by atoms with Crippen molar-refractivity contribution in [2.75, 3.05) is 23.7 Å². The highest BCUT2D eigenvalue weighted by molar-refractivity contribution is 5.89. The summed E-state index contributed by atoms with van der Waals surface area (Å²) in [5, 5.41) is 4.69. The van der Waals surface area contributed by atoms with Gasteiger partial charge < -0.3 is 4.90 Å². The first kappa shape index (κ1) is 21.9. The van der Waals surface area contributed by atoms with Crippen LogP contribution in [0.4, 0.5) is 16.2 Å². The van der Waals surface area contributed by atoms with Crippen LogP contribution < -0.4 is 21.3 Å². The molecule has 0 aliphatic carbocycles. The number of H-pyrrole nitrogens is 1. The van der Waals surface area contributed by atoms with Gasteiger partial charge in [0.05, 0.1) is 24.0 Å². The monoisotopic (exact) mass is 483 g/mol. The molecule has 0 unspecified atom stereocenters. The molecule has 0 amide bonds. The van der Waals surface area contributed by atoms with Crippen LogP contribution in [0.3, 0.4) is 0 Å². The fourth-order valence-corrected chi connectivity index (χ4v) is 4.50. The van der Waals surface area contributed by atoms with Crippen LogP contribution in [0, 0.1) is 12.7 Å². The average Bonchev–Trinajstić information content (AvgIpc) is 3.15. The molecular weight excluding hydrogens is 459 g/mol. The molecule has 4 aromatic heterocycles. The van der Waals surface area contributed by atoms with Gasteiger partial charge in [-0.15, -0.1) is 9.50 Å². The average molecular weight is 484 g/mol. The van der Waals surface area contributed by atoms with Gasteiger partial charge in [0.25, 0.3) is 0 Å². The molecule has 9 nitrogen and oxygen atoms in total. The predicted octanol–water partition coefficient (Wildman–Crippen LogP) is 2.72. The Morgan fingerprint density at radius 2 is 1.89 bits per heavy atom. The SMILES string of the molecule is Cc1cc(-c2c(-c3ccccc3)[nH+]c(N)n3c(=O)n(Cc4ccc(F)cn4)nc23)cc(N2CCC2)n1. The second-order valence-electron chi connectivity index (χ2n) is 8.89. The number of nitrogen functional groups attached to an aromatic ring is 1. The molecule has 1 aliphatic rings. The standard InChI is InChI=1S/C26H23FN8O/c1-16-12-18(13-21(30-16)33-10-5-11-33)22-23(17-6-3-2-4-7-17)31-25(28)35-24(22)32-34(26(35)36)15-20-9-8-19(27)14-29-20/h2-4,6-9,12-14H,5,10-11,15H2,1H3,(H2,28,31)/p+1. The van der Waals surface area contributed by atoms with Crippen molar-refractivity contribution in [3.8, 4) is 22.4 Å². The minimum absolute atomic E-state index is 0.0781. The van der Waals surface area contributed by atoms with E-state index < -0.39 is 11.5 Å². The number of anilines is 2. The van der Waals surface area contributed by atoms with Gasteiger partial charge in [0.2, 0.25) is 5.65 Å². The number of halogens is 1. The van der Waals surface area contributed by atoms with Gasteiger partial charge in [0.1, 0.15) is 17.3 Å². The Bertz CT molecular complexity index is 1640. The highest BCUT2D eigenvalue weighted by atomic mass is 19.1. The Hall–Kier alpha value is -4.60. The van der Waals surface area contributed by atoms with Gasteiger partial charge in [-0.25, -0.2) is 19.2 Å². The highest BCUT2D eigenvalue weighted by Crippen LogP contribution is 2.34. The summed E-state index contributed by atoms with van der Waals surface area (Å²) in [5.41, 5.74) is 11.0. The maximum absolute atomic E-state index is 13.4. The number of hydrogen-bond donors (Lipinski definition) is 1. The molecule has 0 spiro atoms. The van der Waals surface area contributed by atoms with E-state index in [1.807, 2.05) is 49.4 Å². The van der Waals surface area contributed by atoms with Crippen molar-refractivity contribution < 1.29 is 9.37 Å². The Labute approximate surface area is 205 Å². The summed E-state index contributed by atoms with van der Waals surface area (Å²) >= 11 is 0. The van der Waals surface area contributed by atoms with E-state index in [9.17, 15) is 9.18 Å². The highest BCUT2D eigenvalue weighted by Gasteiger charge is 2.27. The maximum Gasteiger partial charge on any atom is 0.411 e. The Morgan fingerprint density at radius 1 is 1.08 bits per heavy atom. The van der Waals surface area contributed by atoms with Gasteiger partial charge in [0.15, 0.2) is 0 Å². The number of benzene rings is 1. The fraction of sp³-hybridized carbons (Fsp3) is 0.192. The van der Waals surface area contributed by atoms with Gasteiger partial charge in [-0.2, -0.15) is 4.68 Å². The van der Waals surface area contributed by atoms with Crippen LogP contribution in [0.25, 0.3) is 28.0 Å².